The summed E-state index contributed by atoms with van der Waals surface area (Å²) >= 11 is 0. The van der Waals surface area contributed by atoms with Crippen molar-refractivity contribution in [3.63, 3.8) is 0 Å². The molecule has 17 heavy (non-hydrogen) atoms. The van der Waals surface area contributed by atoms with Crippen LogP contribution in [0.15, 0.2) is 24.3 Å². The molecule has 0 spiro atoms. The van der Waals surface area contributed by atoms with E-state index in [-0.39, 0.29) is 5.41 Å². The Bertz CT molecular complexity index is 305. The van der Waals surface area contributed by atoms with Crippen LogP contribution in [0.4, 0.5) is 0 Å². The van der Waals surface area contributed by atoms with Crippen molar-refractivity contribution in [3.05, 3.63) is 35.4 Å². The monoisotopic (exact) mass is 232 g/mol. The lowest BCUT2D eigenvalue weighted by Crippen LogP contribution is -2.10. The van der Waals surface area contributed by atoms with Crippen LogP contribution in [0.3, 0.4) is 0 Å². The van der Waals surface area contributed by atoms with Crippen molar-refractivity contribution in [3.8, 4) is 0 Å². The normalized spacial score (nSPS) is 11.8. The van der Waals surface area contributed by atoms with E-state index in [0.717, 1.165) is 6.42 Å². The third-order valence-electron chi connectivity index (χ3n) is 3.21. The Morgan fingerprint density at radius 1 is 0.882 bits per heavy atom. The average molecular weight is 232 g/mol. The van der Waals surface area contributed by atoms with Gasteiger partial charge in [0, 0.05) is 6.54 Å². The van der Waals surface area contributed by atoms with E-state index in [1.165, 1.54) is 36.8 Å². The van der Waals surface area contributed by atoms with Gasteiger partial charge in [0.25, 0.3) is 0 Å². The van der Waals surface area contributed by atoms with Gasteiger partial charge in [-0.05, 0) is 35.8 Å². The maximum absolute atomic E-state index is 7.08. The van der Waals surface area contributed by atoms with Crippen molar-refractivity contribution in [2.24, 2.45) is 0 Å². The quantitative estimate of drug-likeness (QED) is 0.650. The second-order valence-electron chi connectivity index (χ2n) is 5.86. The van der Waals surface area contributed by atoms with E-state index < -0.39 is 0 Å². The van der Waals surface area contributed by atoms with Crippen LogP contribution in [0.2, 0.25) is 0 Å². The highest BCUT2D eigenvalue weighted by Crippen LogP contribution is 2.22. The number of unbranched alkanes of at least 4 members (excludes halogenated alkanes) is 3. The number of aryl methyl sites for hydroxylation is 1. The maximum Gasteiger partial charge on any atom is 0.00997 e. The van der Waals surface area contributed by atoms with Crippen molar-refractivity contribution < 1.29 is 0 Å². The smallest absolute Gasteiger partial charge is 0.00997 e. The first-order valence-electron chi connectivity index (χ1n) is 6.78. The lowest BCUT2D eigenvalue weighted by molar-refractivity contribution is 0.589. The molecular formula is C16H26N. The van der Waals surface area contributed by atoms with E-state index in [4.69, 9.17) is 5.73 Å². The fourth-order valence-corrected chi connectivity index (χ4v) is 1.98. The third-order valence-corrected chi connectivity index (χ3v) is 3.21. The summed E-state index contributed by atoms with van der Waals surface area (Å²) in [6, 6.07) is 9.06. The Labute approximate surface area is 106 Å². The summed E-state index contributed by atoms with van der Waals surface area (Å²) < 4.78 is 0. The van der Waals surface area contributed by atoms with Gasteiger partial charge in [0.1, 0.15) is 0 Å². The van der Waals surface area contributed by atoms with Gasteiger partial charge in [-0.15, -0.1) is 0 Å². The van der Waals surface area contributed by atoms with Gasteiger partial charge in [-0.25, -0.2) is 0 Å². The van der Waals surface area contributed by atoms with Crippen LogP contribution in [-0.2, 0) is 11.8 Å². The number of benzene rings is 1. The van der Waals surface area contributed by atoms with Crippen molar-refractivity contribution in [2.45, 2.75) is 58.3 Å². The summed E-state index contributed by atoms with van der Waals surface area (Å²) in [5.41, 5.74) is 10.2. The predicted molar refractivity (Wildman–Crippen MR) is 75.3 cm³/mol. The summed E-state index contributed by atoms with van der Waals surface area (Å²) in [5, 5.41) is 0. The number of hydrogen-bond acceptors (Lipinski definition) is 0. The molecule has 0 fully saturated rings. The Balaban J connectivity index is 2.36. The van der Waals surface area contributed by atoms with Gasteiger partial charge in [0.2, 0.25) is 0 Å². The highest BCUT2D eigenvalue weighted by atomic mass is 14.5. The topological polar surface area (TPSA) is 23.8 Å². The average Bonchev–Trinajstić information content (AvgIpc) is 2.28. The van der Waals surface area contributed by atoms with Gasteiger partial charge in [-0.1, -0.05) is 57.9 Å². The largest absolute Gasteiger partial charge is 0.258 e. The van der Waals surface area contributed by atoms with E-state index >= 15 is 0 Å². The number of rotatable bonds is 6. The van der Waals surface area contributed by atoms with Crippen LogP contribution < -0.4 is 5.73 Å². The molecule has 0 amide bonds. The summed E-state index contributed by atoms with van der Waals surface area (Å²) in [7, 11) is 0. The highest BCUT2D eigenvalue weighted by Gasteiger charge is 2.12. The molecule has 1 nitrogen and oxygen atoms in total. The summed E-state index contributed by atoms with van der Waals surface area (Å²) in [6.07, 6.45) is 5.98. The van der Waals surface area contributed by atoms with E-state index in [2.05, 4.69) is 45.0 Å². The molecule has 0 saturated carbocycles. The van der Waals surface area contributed by atoms with Crippen LogP contribution in [0, 0.1) is 0 Å². The zero-order chi connectivity index (χ0) is 12.7. The van der Waals surface area contributed by atoms with E-state index in [0.29, 0.717) is 6.54 Å². The van der Waals surface area contributed by atoms with Gasteiger partial charge in [-0.2, -0.15) is 0 Å². The molecule has 0 unspecified atom stereocenters. The van der Waals surface area contributed by atoms with Gasteiger partial charge in [-0.3, -0.25) is 5.73 Å². The van der Waals surface area contributed by atoms with Gasteiger partial charge in [0.15, 0.2) is 0 Å². The molecule has 0 aromatic heterocycles. The minimum Gasteiger partial charge on any atom is -0.258 e. The SMILES string of the molecule is CC(C)(C)c1ccc(CCCCCC[NH])cc1. The minimum absolute atomic E-state index is 0.257. The molecule has 0 aliphatic rings. The molecule has 0 aliphatic heterocycles. The van der Waals surface area contributed by atoms with Crippen molar-refractivity contribution in [2.75, 3.05) is 6.54 Å². The predicted octanol–water partition coefficient (Wildman–Crippen LogP) is 4.37. The molecule has 0 bridgehead atoms. The zero-order valence-corrected chi connectivity index (χ0v) is 11.6. The molecule has 1 aromatic carbocycles. The van der Waals surface area contributed by atoms with E-state index in [1.54, 1.807) is 0 Å². The summed E-state index contributed by atoms with van der Waals surface area (Å²) in [5.74, 6) is 0. The highest BCUT2D eigenvalue weighted by molar-refractivity contribution is 5.27. The molecule has 0 atom stereocenters. The van der Waals surface area contributed by atoms with E-state index in [9.17, 15) is 0 Å². The van der Waals surface area contributed by atoms with Gasteiger partial charge >= 0.3 is 0 Å². The van der Waals surface area contributed by atoms with Crippen LogP contribution in [0.25, 0.3) is 0 Å². The van der Waals surface area contributed by atoms with Crippen molar-refractivity contribution >= 4 is 0 Å². The lowest BCUT2D eigenvalue weighted by atomic mass is 9.86. The first-order chi connectivity index (χ1) is 8.04. The second-order valence-corrected chi connectivity index (χ2v) is 5.86. The summed E-state index contributed by atoms with van der Waals surface area (Å²) in [4.78, 5) is 0. The van der Waals surface area contributed by atoms with Crippen LogP contribution in [-0.4, -0.2) is 6.54 Å². The fourth-order valence-electron chi connectivity index (χ4n) is 1.98. The molecule has 1 aromatic rings. The molecule has 0 aliphatic carbocycles. The van der Waals surface area contributed by atoms with Crippen LogP contribution in [0.1, 0.15) is 57.6 Å². The first-order valence-corrected chi connectivity index (χ1v) is 6.78. The lowest BCUT2D eigenvalue weighted by Gasteiger charge is -2.19. The minimum atomic E-state index is 0.257. The molecule has 0 saturated heterocycles. The molecule has 0 heterocycles. The molecular weight excluding hydrogens is 206 g/mol. The molecule has 1 rings (SSSR count). The standard InChI is InChI=1S/C16H26N/c1-16(2,3)15-11-9-14(10-12-15)8-6-4-5-7-13-17/h9-12,17H,4-8,13H2,1-3H3. The Morgan fingerprint density at radius 3 is 2.00 bits per heavy atom. The number of hydrogen-bond donors (Lipinski definition) is 0. The maximum atomic E-state index is 7.08. The second kappa shape index (κ2) is 6.80. The molecule has 1 radical (unpaired) electrons. The van der Waals surface area contributed by atoms with Gasteiger partial charge in [0.05, 0.1) is 0 Å². The van der Waals surface area contributed by atoms with E-state index in [1.807, 2.05) is 0 Å². The number of nitrogens with one attached hydrogen (secondary N) is 1. The summed E-state index contributed by atoms with van der Waals surface area (Å²) in [6.45, 7) is 7.34. The van der Waals surface area contributed by atoms with Crippen LogP contribution in [0.5, 0.6) is 0 Å². The van der Waals surface area contributed by atoms with Crippen LogP contribution >= 0.6 is 0 Å². The first kappa shape index (κ1) is 14.2. The Morgan fingerprint density at radius 2 is 1.47 bits per heavy atom. The van der Waals surface area contributed by atoms with Crippen molar-refractivity contribution in [1.29, 1.82) is 0 Å². The third kappa shape index (κ3) is 5.36. The van der Waals surface area contributed by atoms with Crippen molar-refractivity contribution in [1.82, 2.24) is 5.73 Å². The molecule has 95 valence electrons. The Hall–Kier alpha value is -0.820. The fraction of sp³-hybridized carbons (Fsp3) is 0.625. The Kier molecular flexibility index (Phi) is 5.70. The molecule has 1 N–H and O–H groups in total. The molecule has 1 heteroatoms. The zero-order valence-electron chi connectivity index (χ0n) is 11.6. The van der Waals surface area contributed by atoms with Gasteiger partial charge < -0.3 is 0 Å².